The zero-order valence-corrected chi connectivity index (χ0v) is 11.2. The molecule has 0 fully saturated rings. The fourth-order valence-electron chi connectivity index (χ4n) is 1.82. The van der Waals surface area contributed by atoms with E-state index in [1.165, 1.54) is 11.8 Å². The van der Waals surface area contributed by atoms with Gasteiger partial charge in [-0.3, -0.25) is 0 Å². The summed E-state index contributed by atoms with van der Waals surface area (Å²) in [6, 6.07) is 11.0. The second-order valence-electron chi connectivity index (χ2n) is 4.13. The number of hydrogen-bond acceptors (Lipinski definition) is 1. The van der Waals surface area contributed by atoms with Crippen molar-refractivity contribution < 1.29 is 4.39 Å². The maximum absolute atomic E-state index is 13.3. The van der Waals surface area contributed by atoms with Crippen LogP contribution in [-0.2, 0) is 20.0 Å². The average Bonchev–Trinajstić information content (AvgIpc) is 2.73. The Morgan fingerprint density at radius 3 is 2.61 bits per heavy atom. The van der Waals surface area contributed by atoms with Crippen LogP contribution in [0.1, 0.15) is 11.3 Å². The van der Waals surface area contributed by atoms with Crippen molar-refractivity contribution in [1.29, 1.82) is 0 Å². The first-order valence-corrected chi connectivity index (χ1v) is 5.81. The minimum atomic E-state index is -0.117. The molecule has 1 N–H and O–H groups in total. The number of benzene rings is 1. The van der Waals surface area contributed by atoms with Gasteiger partial charge in [-0.05, 0) is 36.7 Å². The highest BCUT2D eigenvalue weighted by atomic mass is 35.5. The van der Waals surface area contributed by atoms with E-state index >= 15 is 0 Å². The highest BCUT2D eigenvalue weighted by Gasteiger charge is 2.00. The quantitative estimate of drug-likeness (QED) is 0.825. The maximum Gasteiger partial charge on any atom is 0.126 e. The van der Waals surface area contributed by atoms with E-state index in [1.807, 2.05) is 31.4 Å². The van der Waals surface area contributed by atoms with Crippen molar-refractivity contribution in [2.24, 2.45) is 7.05 Å². The predicted molar refractivity (Wildman–Crippen MR) is 74.5 cm³/mol. The number of nitrogens with one attached hydrogen (secondary N) is 1. The second kappa shape index (κ2) is 7.19. The Labute approximate surface area is 113 Å². The van der Waals surface area contributed by atoms with Crippen LogP contribution in [0.25, 0.3) is 0 Å². The van der Waals surface area contributed by atoms with Crippen molar-refractivity contribution in [1.82, 2.24) is 9.88 Å². The van der Waals surface area contributed by atoms with E-state index in [9.17, 15) is 4.39 Å². The standard InChI is InChI=1S/C14H17FN2.ClH/c1-17-10-4-6-13(17)11-16-9-8-12-5-2-3-7-14(12)15;/h2-7,10,16H,8-9,11H2,1H3;1H. The molecule has 1 aromatic heterocycles. The third-order valence-electron chi connectivity index (χ3n) is 2.89. The van der Waals surface area contributed by atoms with Crippen LogP contribution in [0.2, 0.25) is 0 Å². The molecule has 98 valence electrons. The van der Waals surface area contributed by atoms with E-state index in [2.05, 4.69) is 16.0 Å². The van der Waals surface area contributed by atoms with E-state index in [4.69, 9.17) is 0 Å². The van der Waals surface area contributed by atoms with Gasteiger partial charge in [-0.15, -0.1) is 12.4 Å². The lowest BCUT2D eigenvalue weighted by Crippen LogP contribution is -2.18. The Hall–Kier alpha value is -1.32. The van der Waals surface area contributed by atoms with Crippen LogP contribution in [-0.4, -0.2) is 11.1 Å². The molecule has 0 radical (unpaired) electrons. The zero-order chi connectivity index (χ0) is 12.1. The van der Waals surface area contributed by atoms with E-state index < -0.39 is 0 Å². The molecule has 1 aromatic carbocycles. The monoisotopic (exact) mass is 268 g/mol. The van der Waals surface area contributed by atoms with Gasteiger partial charge in [0.1, 0.15) is 5.82 Å². The van der Waals surface area contributed by atoms with Gasteiger partial charge in [0, 0.05) is 25.5 Å². The van der Waals surface area contributed by atoms with Crippen LogP contribution in [0.3, 0.4) is 0 Å². The van der Waals surface area contributed by atoms with Gasteiger partial charge in [-0.1, -0.05) is 18.2 Å². The van der Waals surface area contributed by atoms with Crippen LogP contribution in [0.4, 0.5) is 4.39 Å². The van der Waals surface area contributed by atoms with Crippen molar-refractivity contribution in [3.8, 4) is 0 Å². The summed E-state index contributed by atoms with van der Waals surface area (Å²) in [5, 5.41) is 3.32. The molecule has 0 atom stereocenters. The first kappa shape index (κ1) is 14.7. The molecule has 2 rings (SSSR count). The summed E-state index contributed by atoms with van der Waals surface area (Å²) < 4.78 is 15.4. The predicted octanol–water partition coefficient (Wildman–Crippen LogP) is 2.92. The molecule has 0 spiro atoms. The summed E-state index contributed by atoms with van der Waals surface area (Å²) >= 11 is 0. The van der Waals surface area contributed by atoms with Crippen molar-refractivity contribution in [2.45, 2.75) is 13.0 Å². The molecule has 0 bridgehead atoms. The number of aromatic nitrogens is 1. The van der Waals surface area contributed by atoms with Crippen molar-refractivity contribution in [3.63, 3.8) is 0 Å². The fraction of sp³-hybridized carbons (Fsp3) is 0.286. The van der Waals surface area contributed by atoms with Crippen molar-refractivity contribution in [2.75, 3.05) is 6.54 Å². The number of halogens is 2. The molecule has 4 heteroatoms. The largest absolute Gasteiger partial charge is 0.353 e. The summed E-state index contributed by atoms with van der Waals surface area (Å²) in [6.45, 7) is 1.60. The van der Waals surface area contributed by atoms with Gasteiger partial charge in [0.15, 0.2) is 0 Å². The Bertz CT molecular complexity index is 482. The summed E-state index contributed by atoms with van der Waals surface area (Å²) in [4.78, 5) is 0. The smallest absolute Gasteiger partial charge is 0.126 e. The SMILES string of the molecule is Cl.Cn1cccc1CNCCc1ccccc1F. The third kappa shape index (κ3) is 3.86. The Kier molecular flexibility index (Phi) is 5.89. The fourth-order valence-corrected chi connectivity index (χ4v) is 1.82. The lowest BCUT2D eigenvalue weighted by atomic mass is 10.1. The molecule has 0 aliphatic heterocycles. The minimum Gasteiger partial charge on any atom is -0.353 e. The van der Waals surface area contributed by atoms with Crippen LogP contribution in [0.5, 0.6) is 0 Å². The Morgan fingerprint density at radius 1 is 1.17 bits per heavy atom. The second-order valence-corrected chi connectivity index (χ2v) is 4.13. The molecule has 0 aliphatic rings. The number of nitrogens with zero attached hydrogens (tertiary/aromatic N) is 1. The third-order valence-corrected chi connectivity index (χ3v) is 2.89. The van der Waals surface area contributed by atoms with E-state index in [-0.39, 0.29) is 18.2 Å². The minimum absolute atomic E-state index is 0. The van der Waals surface area contributed by atoms with Gasteiger partial charge < -0.3 is 9.88 Å². The van der Waals surface area contributed by atoms with E-state index in [0.29, 0.717) is 0 Å². The lowest BCUT2D eigenvalue weighted by Gasteiger charge is -2.06. The molecular formula is C14H18ClFN2. The van der Waals surface area contributed by atoms with Crippen LogP contribution >= 0.6 is 12.4 Å². The molecule has 0 unspecified atom stereocenters. The van der Waals surface area contributed by atoms with Gasteiger partial charge in [-0.25, -0.2) is 4.39 Å². The first-order valence-electron chi connectivity index (χ1n) is 5.81. The van der Waals surface area contributed by atoms with Crippen LogP contribution < -0.4 is 5.32 Å². The summed E-state index contributed by atoms with van der Waals surface area (Å²) in [5.74, 6) is -0.117. The normalized spacial score (nSPS) is 10.1. The molecule has 2 nitrogen and oxygen atoms in total. The first-order chi connectivity index (χ1) is 8.27. The van der Waals surface area contributed by atoms with Gasteiger partial charge in [-0.2, -0.15) is 0 Å². The number of hydrogen-bond donors (Lipinski definition) is 1. The molecule has 0 amide bonds. The van der Waals surface area contributed by atoms with Crippen molar-refractivity contribution >= 4 is 12.4 Å². The maximum atomic E-state index is 13.3. The summed E-state index contributed by atoms with van der Waals surface area (Å²) in [6.07, 6.45) is 2.74. The van der Waals surface area contributed by atoms with Crippen molar-refractivity contribution in [3.05, 3.63) is 59.7 Å². The Balaban J connectivity index is 0.00000162. The van der Waals surface area contributed by atoms with Gasteiger partial charge in [0.2, 0.25) is 0 Å². The van der Waals surface area contributed by atoms with E-state index in [1.54, 1.807) is 6.07 Å². The molecule has 2 aromatic rings. The topological polar surface area (TPSA) is 17.0 Å². The highest BCUT2D eigenvalue weighted by Crippen LogP contribution is 2.06. The summed E-state index contributed by atoms with van der Waals surface area (Å²) in [5.41, 5.74) is 2.01. The van der Waals surface area contributed by atoms with Gasteiger partial charge in [0.05, 0.1) is 0 Å². The highest BCUT2D eigenvalue weighted by molar-refractivity contribution is 5.85. The zero-order valence-electron chi connectivity index (χ0n) is 10.4. The molecule has 0 saturated heterocycles. The van der Waals surface area contributed by atoms with Gasteiger partial charge >= 0.3 is 0 Å². The molecular weight excluding hydrogens is 251 g/mol. The van der Waals surface area contributed by atoms with E-state index in [0.717, 1.165) is 25.1 Å². The Morgan fingerprint density at radius 2 is 1.94 bits per heavy atom. The average molecular weight is 269 g/mol. The summed E-state index contributed by atoms with van der Waals surface area (Å²) in [7, 11) is 2.02. The van der Waals surface area contributed by atoms with Gasteiger partial charge in [0.25, 0.3) is 0 Å². The number of rotatable bonds is 5. The molecule has 0 saturated carbocycles. The van der Waals surface area contributed by atoms with Crippen LogP contribution in [0, 0.1) is 5.82 Å². The molecule has 0 aliphatic carbocycles. The molecule has 18 heavy (non-hydrogen) atoms. The van der Waals surface area contributed by atoms with Crippen LogP contribution in [0.15, 0.2) is 42.6 Å². The number of aryl methyl sites for hydroxylation is 1. The lowest BCUT2D eigenvalue weighted by molar-refractivity contribution is 0.594. The molecule has 1 heterocycles.